The van der Waals surface area contributed by atoms with Crippen LogP contribution in [0, 0.1) is 0 Å². The van der Waals surface area contributed by atoms with Crippen molar-refractivity contribution in [1.82, 2.24) is 9.55 Å². The minimum absolute atomic E-state index is 0.241. The zero-order valence-electron chi connectivity index (χ0n) is 20.3. The van der Waals surface area contributed by atoms with Crippen LogP contribution in [-0.2, 0) is 19.4 Å². The van der Waals surface area contributed by atoms with E-state index in [1.807, 2.05) is 42.5 Å². The Morgan fingerprint density at radius 2 is 1.41 bits per heavy atom. The van der Waals surface area contributed by atoms with Crippen LogP contribution in [0.4, 0.5) is 0 Å². The number of nitrogens with zero attached hydrogens (tertiary/aromatic N) is 1. The predicted octanol–water partition coefficient (Wildman–Crippen LogP) is 8.20. The first-order valence-corrected chi connectivity index (χ1v) is 13.5. The summed E-state index contributed by atoms with van der Waals surface area (Å²) < 4.78 is 2.29. The van der Waals surface area contributed by atoms with Gasteiger partial charge in [0.15, 0.2) is 11.6 Å². The minimum atomic E-state index is 0.241. The van der Waals surface area contributed by atoms with E-state index in [0.29, 0.717) is 22.9 Å². The SMILES string of the molecule is O=C1CCCc2[nH]c3ccc(Cl)cc3c21.O=C1CCCc2c1c1cc(Cl)ccc1n2Cc1ccccc1. The van der Waals surface area contributed by atoms with Crippen LogP contribution in [0.5, 0.6) is 0 Å². The molecule has 0 aliphatic heterocycles. The molecule has 0 saturated carbocycles. The van der Waals surface area contributed by atoms with E-state index in [9.17, 15) is 9.59 Å². The molecule has 0 amide bonds. The molecule has 0 spiro atoms. The van der Waals surface area contributed by atoms with Crippen molar-refractivity contribution in [1.29, 1.82) is 0 Å². The van der Waals surface area contributed by atoms with Gasteiger partial charge in [-0.2, -0.15) is 0 Å². The Hall–Kier alpha value is -3.34. The molecule has 0 fully saturated rings. The van der Waals surface area contributed by atoms with E-state index in [2.05, 4.69) is 33.8 Å². The highest BCUT2D eigenvalue weighted by atomic mass is 35.5. The first-order valence-electron chi connectivity index (χ1n) is 12.7. The number of halogens is 2. The molecular formula is C31H26Cl2N2O2. The van der Waals surface area contributed by atoms with E-state index in [0.717, 1.165) is 76.5 Å². The zero-order chi connectivity index (χ0) is 25.5. The van der Waals surface area contributed by atoms with Gasteiger partial charge in [-0.05, 0) is 67.6 Å². The number of Topliss-reactive ketones (excluding diaryl/α,β-unsaturated/α-hetero) is 2. The van der Waals surface area contributed by atoms with Crippen LogP contribution in [0.15, 0.2) is 66.7 Å². The van der Waals surface area contributed by atoms with Crippen LogP contribution in [0.1, 0.15) is 63.4 Å². The fourth-order valence-corrected chi connectivity index (χ4v) is 6.06. The van der Waals surface area contributed by atoms with Crippen LogP contribution in [0.25, 0.3) is 21.8 Å². The van der Waals surface area contributed by atoms with Crippen LogP contribution < -0.4 is 0 Å². The van der Waals surface area contributed by atoms with Gasteiger partial charge in [0.25, 0.3) is 0 Å². The molecule has 3 aromatic carbocycles. The fraction of sp³-hybridized carbons (Fsp3) is 0.226. The highest BCUT2D eigenvalue weighted by Gasteiger charge is 2.26. The van der Waals surface area contributed by atoms with E-state index in [-0.39, 0.29) is 11.6 Å². The van der Waals surface area contributed by atoms with Gasteiger partial charge in [-0.3, -0.25) is 9.59 Å². The number of nitrogens with one attached hydrogen (secondary N) is 1. The number of hydrogen-bond acceptors (Lipinski definition) is 2. The number of fused-ring (bicyclic) bond motifs is 6. The monoisotopic (exact) mass is 528 g/mol. The maximum atomic E-state index is 12.4. The molecule has 37 heavy (non-hydrogen) atoms. The second-order valence-corrected chi connectivity index (χ2v) is 10.6. The Balaban J connectivity index is 0.000000146. The molecule has 2 aliphatic rings. The summed E-state index contributed by atoms with van der Waals surface area (Å²) in [5.41, 5.74) is 7.35. The number of hydrogen-bond donors (Lipinski definition) is 1. The smallest absolute Gasteiger partial charge is 0.165 e. The first-order chi connectivity index (χ1) is 18.0. The van der Waals surface area contributed by atoms with Gasteiger partial charge in [-0.25, -0.2) is 0 Å². The molecule has 6 heteroatoms. The lowest BCUT2D eigenvalue weighted by Crippen LogP contribution is -2.13. The van der Waals surface area contributed by atoms with Crippen LogP contribution in [0.3, 0.4) is 0 Å². The standard InChI is InChI=1S/C19H16ClNO.C12H10ClNO/c20-14-9-10-16-15(11-14)19-17(7-4-8-18(19)22)21(16)12-13-5-2-1-3-6-13;13-7-4-5-9-8(6-7)12-10(14-9)2-1-3-11(12)15/h1-3,5-6,9-11H,4,7-8,12H2;4-6,14H,1-3H2. The number of aryl methyl sites for hydroxylation is 1. The second kappa shape index (κ2) is 9.85. The Morgan fingerprint density at radius 1 is 0.730 bits per heavy atom. The van der Waals surface area contributed by atoms with Gasteiger partial charge in [-0.15, -0.1) is 0 Å². The Bertz CT molecular complexity index is 1660. The number of carbonyl (C=O) groups is 2. The lowest BCUT2D eigenvalue weighted by molar-refractivity contribution is 0.0965. The lowest BCUT2D eigenvalue weighted by Gasteiger charge is -2.15. The summed E-state index contributed by atoms with van der Waals surface area (Å²) in [5.74, 6) is 0.491. The molecule has 5 aromatic rings. The summed E-state index contributed by atoms with van der Waals surface area (Å²) >= 11 is 12.1. The Kier molecular flexibility index (Phi) is 6.39. The number of aromatic amines is 1. The summed E-state index contributed by atoms with van der Waals surface area (Å²) in [4.78, 5) is 27.5. The Morgan fingerprint density at radius 3 is 2.19 bits per heavy atom. The van der Waals surface area contributed by atoms with Crippen molar-refractivity contribution in [3.8, 4) is 0 Å². The number of benzene rings is 3. The second-order valence-electron chi connectivity index (χ2n) is 9.78. The molecule has 1 N–H and O–H groups in total. The van der Waals surface area contributed by atoms with E-state index in [1.165, 1.54) is 5.56 Å². The zero-order valence-corrected chi connectivity index (χ0v) is 21.8. The summed E-state index contributed by atoms with van der Waals surface area (Å²) in [5, 5.41) is 3.35. The molecule has 2 heterocycles. The summed E-state index contributed by atoms with van der Waals surface area (Å²) in [6.07, 6.45) is 5.11. The minimum Gasteiger partial charge on any atom is -0.358 e. The molecule has 7 rings (SSSR count). The largest absolute Gasteiger partial charge is 0.358 e. The number of ketones is 2. The molecule has 4 nitrogen and oxygen atoms in total. The van der Waals surface area contributed by atoms with Crippen molar-refractivity contribution < 1.29 is 9.59 Å². The third-order valence-corrected chi connectivity index (χ3v) is 7.83. The molecule has 0 unspecified atom stereocenters. The van der Waals surface area contributed by atoms with Gasteiger partial charge in [0.2, 0.25) is 0 Å². The molecular weight excluding hydrogens is 503 g/mol. The molecule has 0 atom stereocenters. The van der Waals surface area contributed by atoms with Gasteiger partial charge in [0.1, 0.15) is 0 Å². The number of rotatable bonds is 2. The quantitative estimate of drug-likeness (QED) is 0.251. The summed E-state index contributed by atoms with van der Waals surface area (Å²) in [6.45, 7) is 0.793. The van der Waals surface area contributed by atoms with E-state index in [4.69, 9.17) is 23.2 Å². The van der Waals surface area contributed by atoms with Crippen molar-refractivity contribution in [3.05, 3.63) is 105 Å². The van der Waals surface area contributed by atoms with Gasteiger partial charge in [0.05, 0.1) is 0 Å². The average Bonchev–Trinajstić information content (AvgIpc) is 3.42. The number of H-pyrrole nitrogens is 1. The third-order valence-electron chi connectivity index (χ3n) is 7.36. The van der Waals surface area contributed by atoms with Gasteiger partial charge < -0.3 is 9.55 Å². The Labute approximate surface area is 225 Å². The fourth-order valence-electron chi connectivity index (χ4n) is 5.72. The highest BCUT2D eigenvalue weighted by Crippen LogP contribution is 2.34. The maximum absolute atomic E-state index is 12.4. The average molecular weight is 529 g/mol. The molecule has 0 bridgehead atoms. The summed E-state index contributed by atoms with van der Waals surface area (Å²) in [7, 11) is 0. The van der Waals surface area contributed by atoms with Crippen molar-refractivity contribution in [2.75, 3.05) is 0 Å². The molecule has 0 radical (unpaired) electrons. The molecule has 2 aromatic heterocycles. The number of carbonyl (C=O) groups excluding carboxylic acids is 2. The first kappa shape index (κ1) is 24.0. The lowest BCUT2D eigenvalue weighted by atomic mass is 9.94. The van der Waals surface area contributed by atoms with Crippen LogP contribution in [0.2, 0.25) is 10.0 Å². The topological polar surface area (TPSA) is 54.9 Å². The van der Waals surface area contributed by atoms with Crippen LogP contribution >= 0.6 is 23.2 Å². The van der Waals surface area contributed by atoms with Gasteiger partial charge in [0, 0.05) is 73.8 Å². The normalized spacial score (nSPS) is 14.9. The van der Waals surface area contributed by atoms with Crippen LogP contribution in [-0.4, -0.2) is 21.1 Å². The van der Waals surface area contributed by atoms with Crippen molar-refractivity contribution in [2.45, 2.75) is 45.1 Å². The molecule has 186 valence electrons. The van der Waals surface area contributed by atoms with E-state index < -0.39 is 0 Å². The van der Waals surface area contributed by atoms with Crippen molar-refractivity contribution in [2.24, 2.45) is 0 Å². The predicted molar refractivity (Wildman–Crippen MR) is 150 cm³/mol. The number of aromatic nitrogens is 2. The van der Waals surface area contributed by atoms with Gasteiger partial charge >= 0.3 is 0 Å². The van der Waals surface area contributed by atoms with E-state index >= 15 is 0 Å². The van der Waals surface area contributed by atoms with Crippen molar-refractivity contribution in [3.63, 3.8) is 0 Å². The summed E-state index contributed by atoms with van der Waals surface area (Å²) in [6, 6.07) is 21.9. The highest BCUT2D eigenvalue weighted by molar-refractivity contribution is 6.32. The maximum Gasteiger partial charge on any atom is 0.165 e. The third kappa shape index (κ3) is 4.49. The van der Waals surface area contributed by atoms with Crippen molar-refractivity contribution >= 4 is 56.6 Å². The molecule has 0 saturated heterocycles. The van der Waals surface area contributed by atoms with Gasteiger partial charge in [-0.1, -0.05) is 53.5 Å². The van der Waals surface area contributed by atoms with E-state index in [1.54, 1.807) is 0 Å². The molecule has 2 aliphatic carbocycles.